The van der Waals surface area contributed by atoms with E-state index in [1.54, 1.807) is 18.5 Å². The van der Waals surface area contributed by atoms with Crippen molar-refractivity contribution in [3.8, 4) is 10.6 Å². The second-order valence-electron chi connectivity index (χ2n) is 8.27. The molecule has 3 aromatic heterocycles. The normalized spacial score (nSPS) is 14.6. The van der Waals surface area contributed by atoms with Crippen LogP contribution in [0.3, 0.4) is 0 Å². The molecule has 32 heavy (non-hydrogen) atoms. The number of carbonyl (C=O) groups excluding carboxylic acids is 1. The van der Waals surface area contributed by atoms with Gasteiger partial charge in [0.25, 0.3) is 5.91 Å². The summed E-state index contributed by atoms with van der Waals surface area (Å²) in [6.07, 6.45) is 5.39. The zero-order chi connectivity index (χ0) is 22.7. The van der Waals surface area contributed by atoms with E-state index in [0.717, 1.165) is 23.4 Å². The highest BCUT2D eigenvalue weighted by atomic mass is 32.1. The van der Waals surface area contributed by atoms with Gasteiger partial charge in [-0.3, -0.25) is 9.78 Å². The van der Waals surface area contributed by atoms with Gasteiger partial charge in [-0.25, -0.2) is 14.4 Å². The van der Waals surface area contributed by atoms with Crippen LogP contribution in [0.15, 0.2) is 42.2 Å². The number of thiazole rings is 1. The number of aromatic nitrogens is 3. The molecule has 0 bridgehead atoms. The zero-order valence-corrected chi connectivity index (χ0v) is 18.6. The van der Waals surface area contributed by atoms with E-state index in [1.165, 1.54) is 31.4 Å². The van der Waals surface area contributed by atoms with Gasteiger partial charge in [0.2, 0.25) is 0 Å². The van der Waals surface area contributed by atoms with Crippen LogP contribution < -0.4 is 16.0 Å². The van der Waals surface area contributed by atoms with Crippen molar-refractivity contribution in [2.45, 2.75) is 44.5 Å². The van der Waals surface area contributed by atoms with Crippen LogP contribution >= 0.6 is 11.3 Å². The van der Waals surface area contributed by atoms with E-state index in [1.807, 2.05) is 17.5 Å². The van der Waals surface area contributed by atoms with Gasteiger partial charge < -0.3 is 21.1 Å². The smallest absolute Gasteiger partial charge is 0.255 e. The van der Waals surface area contributed by atoms with Gasteiger partial charge in [0.15, 0.2) is 0 Å². The van der Waals surface area contributed by atoms with Crippen LogP contribution in [-0.2, 0) is 0 Å². The lowest BCUT2D eigenvalue weighted by Gasteiger charge is -2.22. The SMILES string of the molecule is CC(C)(O)[C@H](F)CNC(=O)c1cnc(Nc2csc(-c3cccnc3)n2)cc1NC1CC1. The molecule has 1 fully saturated rings. The van der Waals surface area contributed by atoms with Gasteiger partial charge in [-0.1, -0.05) is 0 Å². The second kappa shape index (κ2) is 9.17. The number of aliphatic hydroxyl groups is 1. The van der Waals surface area contributed by atoms with Crippen LogP contribution in [-0.4, -0.2) is 50.3 Å². The summed E-state index contributed by atoms with van der Waals surface area (Å²) in [5, 5.41) is 21.5. The summed E-state index contributed by atoms with van der Waals surface area (Å²) in [5.41, 5.74) is 0.332. The number of alkyl halides is 1. The average Bonchev–Trinajstić information content (AvgIpc) is 3.46. The highest BCUT2D eigenvalue weighted by Crippen LogP contribution is 2.30. The van der Waals surface area contributed by atoms with Gasteiger partial charge in [-0.15, -0.1) is 11.3 Å². The predicted molar refractivity (Wildman–Crippen MR) is 123 cm³/mol. The molecule has 4 N–H and O–H groups in total. The molecule has 8 nitrogen and oxygen atoms in total. The molecule has 1 aliphatic carbocycles. The minimum atomic E-state index is -1.58. The number of rotatable bonds is 9. The molecule has 0 saturated heterocycles. The summed E-state index contributed by atoms with van der Waals surface area (Å²) in [6, 6.07) is 5.86. The first-order valence-corrected chi connectivity index (χ1v) is 11.2. The van der Waals surface area contributed by atoms with Crippen LogP contribution in [0.1, 0.15) is 37.0 Å². The molecule has 0 unspecified atom stereocenters. The van der Waals surface area contributed by atoms with Crippen LogP contribution in [0.2, 0.25) is 0 Å². The van der Waals surface area contributed by atoms with Crippen LogP contribution in [0, 0.1) is 0 Å². The first kappa shape index (κ1) is 22.1. The Morgan fingerprint density at radius 1 is 1.34 bits per heavy atom. The van der Waals surface area contributed by atoms with Crippen molar-refractivity contribution in [3.05, 3.63) is 47.7 Å². The number of hydrogen-bond acceptors (Lipinski definition) is 8. The van der Waals surface area contributed by atoms with Crippen molar-refractivity contribution in [2.24, 2.45) is 0 Å². The van der Waals surface area contributed by atoms with E-state index < -0.39 is 17.7 Å². The van der Waals surface area contributed by atoms with Crippen molar-refractivity contribution in [1.82, 2.24) is 20.3 Å². The van der Waals surface area contributed by atoms with Crippen molar-refractivity contribution in [1.29, 1.82) is 0 Å². The number of amides is 1. The monoisotopic (exact) mass is 456 g/mol. The molecular weight excluding hydrogens is 431 g/mol. The first-order valence-electron chi connectivity index (χ1n) is 10.3. The number of anilines is 3. The van der Waals surface area contributed by atoms with Crippen molar-refractivity contribution < 1.29 is 14.3 Å². The van der Waals surface area contributed by atoms with Crippen LogP contribution in [0.25, 0.3) is 10.6 Å². The summed E-state index contributed by atoms with van der Waals surface area (Å²) in [4.78, 5) is 25.7. The maximum Gasteiger partial charge on any atom is 0.255 e. The number of nitrogens with one attached hydrogen (secondary N) is 3. The minimum absolute atomic E-state index is 0.291. The lowest BCUT2D eigenvalue weighted by molar-refractivity contribution is -0.00177. The van der Waals surface area contributed by atoms with E-state index in [4.69, 9.17) is 0 Å². The molecule has 4 rings (SSSR count). The van der Waals surface area contributed by atoms with Crippen LogP contribution in [0.4, 0.5) is 21.7 Å². The summed E-state index contributed by atoms with van der Waals surface area (Å²) in [5.74, 6) is 0.723. The molecule has 3 aromatic rings. The third kappa shape index (κ3) is 5.57. The van der Waals surface area contributed by atoms with Gasteiger partial charge in [-0.05, 0) is 38.8 Å². The maximum atomic E-state index is 14.0. The molecule has 1 saturated carbocycles. The van der Waals surface area contributed by atoms with E-state index >= 15 is 0 Å². The Kier molecular flexibility index (Phi) is 6.33. The van der Waals surface area contributed by atoms with Crippen molar-refractivity contribution in [3.63, 3.8) is 0 Å². The molecule has 168 valence electrons. The fourth-order valence-electron chi connectivity index (χ4n) is 2.88. The third-order valence-electron chi connectivity index (χ3n) is 4.96. The number of pyridine rings is 2. The third-order valence-corrected chi connectivity index (χ3v) is 5.85. The van der Waals surface area contributed by atoms with Gasteiger partial charge in [0.05, 0.1) is 23.4 Å². The Hall–Kier alpha value is -3.11. The molecule has 0 spiro atoms. The van der Waals surface area contributed by atoms with Gasteiger partial charge in [-0.2, -0.15) is 0 Å². The Morgan fingerprint density at radius 3 is 2.84 bits per heavy atom. The zero-order valence-electron chi connectivity index (χ0n) is 17.8. The summed E-state index contributed by atoms with van der Waals surface area (Å²) < 4.78 is 14.0. The molecular formula is C22H25FN6O2S. The van der Waals surface area contributed by atoms with E-state index in [2.05, 4.69) is 30.9 Å². The predicted octanol–water partition coefficient (Wildman–Crippen LogP) is 3.76. The quantitative estimate of drug-likeness (QED) is 0.388. The average molecular weight is 457 g/mol. The maximum absolute atomic E-state index is 14.0. The minimum Gasteiger partial charge on any atom is -0.387 e. The largest absolute Gasteiger partial charge is 0.387 e. The molecule has 1 aliphatic rings. The topological polar surface area (TPSA) is 112 Å². The molecule has 0 aromatic carbocycles. The molecule has 0 aliphatic heterocycles. The highest BCUT2D eigenvalue weighted by molar-refractivity contribution is 7.13. The number of hydrogen-bond donors (Lipinski definition) is 4. The molecule has 10 heteroatoms. The number of nitrogens with zero attached hydrogens (tertiary/aromatic N) is 3. The lowest BCUT2D eigenvalue weighted by atomic mass is 10.0. The number of carbonyl (C=O) groups is 1. The molecule has 1 atom stereocenters. The summed E-state index contributed by atoms with van der Waals surface area (Å²) in [7, 11) is 0. The van der Waals surface area contributed by atoms with Crippen LogP contribution in [0.5, 0.6) is 0 Å². The molecule has 0 radical (unpaired) electrons. The summed E-state index contributed by atoms with van der Waals surface area (Å²) >= 11 is 1.49. The molecule has 3 heterocycles. The van der Waals surface area contributed by atoms with E-state index in [9.17, 15) is 14.3 Å². The Labute approximate surface area is 189 Å². The first-order chi connectivity index (χ1) is 15.3. The van der Waals surface area contributed by atoms with E-state index in [0.29, 0.717) is 28.9 Å². The van der Waals surface area contributed by atoms with Crippen molar-refractivity contribution in [2.75, 3.05) is 17.2 Å². The Bertz CT molecular complexity index is 1080. The Morgan fingerprint density at radius 2 is 2.16 bits per heavy atom. The summed E-state index contributed by atoms with van der Waals surface area (Å²) in [6.45, 7) is 2.44. The van der Waals surface area contributed by atoms with E-state index in [-0.39, 0.29) is 6.54 Å². The fraction of sp³-hybridized carbons (Fsp3) is 0.364. The van der Waals surface area contributed by atoms with Gasteiger partial charge in [0, 0.05) is 41.6 Å². The number of halogens is 1. The lowest BCUT2D eigenvalue weighted by Crippen LogP contribution is -2.42. The molecule has 1 amide bonds. The fourth-order valence-corrected chi connectivity index (χ4v) is 3.63. The van der Waals surface area contributed by atoms with Crippen molar-refractivity contribution >= 4 is 34.6 Å². The second-order valence-corrected chi connectivity index (χ2v) is 9.13. The standard InChI is InChI=1S/C22H25FN6O2S/c1-22(2,31)17(23)11-26-20(30)15-10-25-18(8-16(15)27-14-5-6-14)28-19-12-32-21(29-19)13-4-3-7-24-9-13/h3-4,7-10,12,14,17,31H,5-6,11H2,1-2H3,(H,26,30)(H2,25,27,28)/t17-/m1/s1. The van der Waals surface area contributed by atoms with Gasteiger partial charge >= 0.3 is 0 Å². The van der Waals surface area contributed by atoms with Gasteiger partial charge in [0.1, 0.15) is 22.8 Å². The Balaban J connectivity index is 1.48. The highest BCUT2D eigenvalue weighted by Gasteiger charge is 2.28.